The molecule has 0 saturated heterocycles. The fourth-order valence-electron chi connectivity index (χ4n) is 2.83. The van der Waals surface area contributed by atoms with Gasteiger partial charge in [0.25, 0.3) is 0 Å². The minimum Gasteiger partial charge on any atom is -0.303 e. The Labute approximate surface area is 122 Å². The molecule has 0 aromatic heterocycles. The summed E-state index contributed by atoms with van der Waals surface area (Å²) in [5.74, 6) is 1.19. The van der Waals surface area contributed by atoms with Crippen molar-refractivity contribution in [2.75, 3.05) is 19.3 Å². The Morgan fingerprint density at radius 1 is 1.16 bits per heavy atom. The first-order valence-corrected chi connectivity index (χ1v) is 8.43. The van der Waals surface area contributed by atoms with E-state index in [2.05, 4.69) is 56.1 Å². The molecular weight excluding hydrogens is 250 g/mol. The largest absolute Gasteiger partial charge is 0.303 e. The minimum absolute atomic E-state index is 0.579. The molecule has 0 aliphatic heterocycles. The Hall–Kier alpha value is -0.470. The van der Waals surface area contributed by atoms with Crippen LogP contribution in [0.25, 0.3) is 0 Å². The van der Waals surface area contributed by atoms with Gasteiger partial charge in [-0.05, 0) is 50.3 Å². The topological polar surface area (TPSA) is 3.24 Å². The monoisotopic (exact) mass is 277 g/mol. The second-order valence-corrected chi connectivity index (χ2v) is 7.71. The summed E-state index contributed by atoms with van der Waals surface area (Å²) in [7, 11) is 2.30. The molecule has 1 fully saturated rings. The maximum Gasteiger partial charge on any atom is 0.0108 e. The lowest BCUT2D eigenvalue weighted by Crippen LogP contribution is -2.38. The summed E-state index contributed by atoms with van der Waals surface area (Å²) in [6.45, 7) is 6.02. The van der Waals surface area contributed by atoms with Gasteiger partial charge in [-0.1, -0.05) is 32.0 Å². The molecule has 0 radical (unpaired) electrons. The highest BCUT2D eigenvalue weighted by Crippen LogP contribution is 2.36. The van der Waals surface area contributed by atoms with Crippen LogP contribution in [0.3, 0.4) is 0 Å². The van der Waals surface area contributed by atoms with E-state index in [1.807, 2.05) is 11.8 Å². The van der Waals surface area contributed by atoms with E-state index in [0.717, 1.165) is 6.04 Å². The van der Waals surface area contributed by atoms with E-state index >= 15 is 0 Å². The second kappa shape index (κ2) is 6.81. The average molecular weight is 277 g/mol. The molecule has 0 amide bonds. The van der Waals surface area contributed by atoms with Crippen LogP contribution in [0.1, 0.15) is 39.5 Å². The summed E-state index contributed by atoms with van der Waals surface area (Å²) in [5, 5.41) is 0. The molecule has 0 unspecified atom stereocenters. The summed E-state index contributed by atoms with van der Waals surface area (Å²) in [4.78, 5) is 3.96. The molecule has 0 heterocycles. The Morgan fingerprint density at radius 2 is 1.79 bits per heavy atom. The molecule has 0 N–H and O–H groups in total. The molecule has 1 aliphatic carbocycles. The van der Waals surface area contributed by atoms with Crippen molar-refractivity contribution in [3.8, 4) is 0 Å². The molecule has 1 nitrogen and oxygen atoms in total. The third-order valence-electron chi connectivity index (χ3n) is 4.39. The van der Waals surface area contributed by atoms with E-state index in [1.54, 1.807) is 0 Å². The van der Waals surface area contributed by atoms with Gasteiger partial charge in [0.05, 0.1) is 0 Å². The molecule has 1 aromatic rings. The van der Waals surface area contributed by atoms with Crippen molar-refractivity contribution in [1.29, 1.82) is 0 Å². The highest BCUT2D eigenvalue weighted by molar-refractivity contribution is 7.99. The Morgan fingerprint density at radius 3 is 2.42 bits per heavy atom. The Balaban J connectivity index is 1.69. The van der Waals surface area contributed by atoms with Gasteiger partial charge in [0.2, 0.25) is 0 Å². The smallest absolute Gasteiger partial charge is 0.0108 e. The summed E-state index contributed by atoms with van der Waals surface area (Å²) in [6.07, 6.45) is 5.51. The zero-order valence-corrected chi connectivity index (χ0v) is 13.4. The first kappa shape index (κ1) is 14.9. The van der Waals surface area contributed by atoms with Crippen molar-refractivity contribution in [2.24, 2.45) is 5.41 Å². The molecule has 1 saturated carbocycles. The van der Waals surface area contributed by atoms with E-state index < -0.39 is 0 Å². The molecule has 106 valence electrons. The number of hydrogen-bond donors (Lipinski definition) is 0. The van der Waals surface area contributed by atoms with Crippen molar-refractivity contribution in [3.05, 3.63) is 30.3 Å². The van der Waals surface area contributed by atoms with Crippen molar-refractivity contribution < 1.29 is 0 Å². The van der Waals surface area contributed by atoms with Crippen LogP contribution >= 0.6 is 11.8 Å². The SMILES string of the molecule is CN(CCSc1ccccc1)C1CCC(C)(C)CC1. The van der Waals surface area contributed by atoms with E-state index in [4.69, 9.17) is 0 Å². The maximum absolute atomic E-state index is 2.57. The van der Waals surface area contributed by atoms with Crippen LogP contribution < -0.4 is 0 Å². The van der Waals surface area contributed by atoms with Crippen molar-refractivity contribution in [3.63, 3.8) is 0 Å². The van der Waals surface area contributed by atoms with Gasteiger partial charge in [0, 0.05) is 23.2 Å². The lowest BCUT2D eigenvalue weighted by Gasteiger charge is -2.38. The Bertz CT molecular complexity index is 364. The molecule has 0 bridgehead atoms. The van der Waals surface area contributed by atoms with Gasteiger partial charge in [-0.25, -0.2) is 0 Å². The molecule has 0 atom stereocenters. The van der Waals surface area contributed by atoms with Crippen molar-refractivity contribution in [1.82, 2.24) is 4.90 Å². The van der Waals surface area contributed by atoms with E-state index in [-0.39, 0.29) is 0 Å². The highest BCUT2D eigenvalue weighted by Gasteiger charge is 2.28. The van der Waals surface area contributed by atoms with Crippen LogP contribution in [-0.2, 0) is 0 Å². The number of nitrogens with zero attached hydrogens (tertiary/aromatic N) is 1. The number of thioether (sulfide) groups is 1. The summed E-state index contributed by atoms with van der Waals surface area (Å²) >= 11 is 1.97. The zero-order valence-electron chi connectivity index (χ0n) is 12.6. The molecule has 19 heavy (non-hydrogen) atoms. The number of rotatable bonds is 5. The van der Waals surface area contributed by atoms with Gasteiger partial charge in [-0.15, -0.1) is 11.8 Å². The third kappa shape index (κ3) is 4.85. The lowest BCUT2D eigenvalue weighted by molar-refractivity contribution is 0.133. The fraction of sp³-hybridized carbons (Fsp3) is 0.647. The first-order valence-electron chi connectivity index (χ1n) is 7.45. The Kier molecular flexibility index (Phi) is 5.35. The maximum atomic E-state index is 2.57. The second-order valence-electron chi connectivity index (χ2n) is 6.54. The normalized spacial score (nSPS) is 19.8. The first-order chi connectivity index (χ1) is 9.07. The van der Waals surface area contributed by atoms with Crippen LogP contribution in [-0.4, -0.2) is 30.3 Å². The zero-order chi connectivity index (χ0) is 13.7. The van der Waals surface area contributed by atoms with Crippen LogP contribution in [0.15, 0.2) is 35.2 Å². The van der Waals surface area contributed by atoms with Gasteiger partial charge in [0.15, 0.2) is 0 Å². The third-order valence-corrected chi connectivity index (χ3v) is 5.38. The van der Waals surface area contributed by atoms with Crippen LogP contribution in [0, 0.1) is 5.41 Å². The van der Waals surface area contributed by atoms with Crippen LogP contribution in [0.4, 0.5) is 0 Å². The lowest BCUT2D eigenvalue weighted by atomic mass is 9.75. The summed E-state index contributed by atoms with van der Waals surface area (Å²) in [5.41, 5.74) is 0.579. The van der Waals surface area contributed by atoms with E-state index in [1.165, 1.54) is 42.9 Å². The standard InChI is InChI=1S/C17H27NS/c1-17(2)11-9-15(10-12-17)18(3)13-14-19-16-7-5-4-6-8-16/h4-8,15H,9-14H2,1-3H3. The quantitative estimate of drug-likeness (QED) is 0.719. The van der Waals surface area contributed by atoms with Gasteiger partial charge in [-0.2, -0.15) is 0 Å². The molecule has 2 rings (SSSR count). The fourth-order valence-corrected chi connectivity index (χ4v) is 3.80. The van der Waals surface area contributed by atoms with Gasteiger partial charge >= 0.3 is 0 Å². The van der Waals surface area contributed by atoms with Gasteiger partial charge in [0.1, 0.15) is 0 Å². The van der Waals surface area contributed by atoms with Gasteiger partial charge < -0.3 is 4.90 Å². The average Bonchev–Trinajstić information content (AvgIpc) is 2.39. The number of benzene rings is 1. The molecular formula is C17H27NS. The van der Waals surface area contributed by atoms with Crippen LogP contribution in [0.2, 0.25) is 0 Å². The van der Waals surface area contributed by atoms with E-state index in [0.29, 0.717) is 5.41 Å². The highest BCUT2D eigenvalue weighted by atomic mass is 32.2. The molecule has 0 spiro atoms. The molecule has 1 aliphatic rings. The summed E-state index contributed by atoms with van der Waals surface area (Å²) in [6, 6.07) is 11.5. The van der Waals surface area contributed by atoms with Crippen molar-refractivity contribution >= 4 is 11.8 Å². The minimum atomic E-state index is 0.579. The predicted octanol–water partition coefficient (Wildman–Crippen LogP) is 4.68. The molecule has 2 heteroatoms. The van der Waals surface area contributed by atoms with Crippen molar-refractivity contribution in [2.45, 2.75) is 50.5 Å². The van der Waals surface area contributed by atoms with E-state index in [9.17, 15) is 0 Å². The summed E-state index contributed by atoms with van der Waals surface area (Å²) < 4.78 is 0. The molecule has 1 aromatic carbocycles. The number of hydrogen-bond acceptors (Lipinski definition) is 2. The van der Waals surface area contributed by atoms with Gasteiger partial charge in [-0.3, -0.25) is 0 Å². The van der Waals surface area contributed by atoms with Crippen LogP contribution in [0.5, 0.6) is 0 Å². The predicted molar refractivity (Wildman–Crippen MR) is 85.8 cm³/mol.